The first kappa shape index (κ1) is 15.4. The van der Waals surface area contributed by atoms with Crippen LogP contribution in [0.3, 0.4) is 0 Å². The van der Waals surface area contributed by atoms with Crippen molar-refractivity contribution >= 4 is 5.91 Å². The van der Waals surface area contributed by atoms with E-state index < -0.39 is 0 Å². The molecule has 2 saturated heterocycles. The molecule has 2 fully saturated rings. The monoisotopic (exact) mass is 324 g/mol. The van der Waals surface area contributed by atoms with Gasteiger partial charge in [-0.25, -0.2) is 4.98 Å². The maximum absolute atomic E-state index is 13.0. The van der Waals surface area contributed by atoms with Crippen LogP contribution in [0.2, 0.25) is 0 Å². The third-order valence-corrected chi connectivity index (χ3v) is 5.77. The maximum atomic E-state index is 13.0. The van der Waals surface area contributed by atoms with Gasteiger partial charge in [0.1, 0.15) is 5.82 Å². The number of aromatic nitrogens is 2. The Labute approximate surface area is 142 Å². The van der Waals surface area contributed by atoms with Gasteiger partial charge in [0.25, 0.3) is 0 Å². The van der Waals surface area contributed by atoms with Crippen molar-refractivity contribution in [2.45, 2.75) is 18.9 Å². The molecule has 1 aromatic heterocycles. The summed E-state index contributed by atoms with van der Waals surface area (Å²) in [6.07, 6.45) is 4.76. The minimum absolute atomic E-state index is 0.261. The molecule has 126 valence electrons. The summed E-state index contributed by atoms with van der Waals surface area (Å²) < 4.78 is 2.06. The Kier molecular flexibility index (Phi) is 3.68. The number of nitrogens with zero attached hydrogens (tertiary/aromatic N) is 4. The largest absolute Gasteiger partial charge is 0.345 e. The van der Waals surface area contributed by atoms with Gasteiger partial charge in [-0.15, -0.1) is 0 Å². The van der Waals surface area contributed by atoms with E-state index >= 15 is 0 Å². The number of hydrogen-bond acceptors (Lipinski definition) is 3. The van der Waals surface area contributed by atoms with E-state index in [1.165, 1.54) is 5.56 Å². The van der Waals surface area contributed by atoms with E-state index in [1.807, 2.05) is 37.5 Å². The summed E-state index contributed by atoms with van der Waals surface area (Å²) in [5.74, 6) is 1.62. The highest BCUT2D eigenvalue weighted by molar-refractivity contribution is 5.86. The van der Waals surface area contributed by atoms with Crippen molar-refractivity contribution in [2.24, 2.45) is 12.5 Å². The fraction of sp³-hybridized carbons (Fsp3) is 0.474. The number of imidazole rings is 1. The highest BCUT2D eigenvalue weighted by Crippen LogP contribution is 2.49. The van der Waals surface area contributed by atoms with Gasteiger partial charge in [-0.2, -0.15) is 0 Å². The summed E-state index contributed by atoms with van der Waals surface area (Å²) >= 11 is 0. The molecule has 0 aliphatic carbocycles. The third-order valence-electron chi connectivity index (χ3n) is 5.77. The number of likely N-dealkylation sites (tertiary alicyclic amines) is 2. The molecule has 0 N–H and O–H groups in total. The van der Waals surface area contributed by atoms with Gasteiger partial charge >= 0.3 is 0 Å². The van der Waals surface area contributed by atoms with Crippen LogP contribution in [-0.2, 0) is 18.4 Å². The van der Waals surface area contributed by atoms with Crippen molar-refractivity contribution in [2.75, 3.05) is 26.7 Å². The first-order valence-corrected chi connectivity index (χ1v) is 8.59. The van der Waals surface area contributed by atoms with Gasteiger partial charge in [-0.1, -0.05) is 30.3 Å². The van der Waals surface area contributed by atoms with Crippen molar-refractivity contribution in [1.29, 1.82) is 0 Å². The molecule has 0 unspecified atom stereocenters. The topological polar surface area (TPSA) is 41.4 Å². The highest BCUT2D eigenvalue weighted by Gasteiger charge is 2.56. The SMILES string of the molecule is CN1CC[C@]2(CN(Cc3nccn3C)C[C@H]2c2ccccc2)C1=O. The lowest BCUT2D eigenvalue weighted by Gasteiger charge is -2.28. The van der Waals surface area contributed by atoms with Crippen LogP contribution < -0.4 is 0 Å². The van der Waals surface area contributed by atoms with Gasteiger partial charge in [-0.3, -0.25) is 9.69 Å². The standard InChI is InChI=1S/C19H24N4O/c1-21-11-9-20-17(21)13-23-12-16(15-6-4-3-5-7-15)19(14-23)8-10-22(2)18(19)24/h3-7,9,11,16H,8,10,12-14H2,1-2H3/t16-,19+/m0/s1. The molecule has 24 heavy (non-hydrogen) atoms. The van der Waals surface area contributed by atoms with E-state index in [0.717, 1.165) is 38.4 Å². The molecule has 5 nitrogen and oxygen atoms in total. The molecule has 0 saturated carbocycles. The lowest BCUT2D eigenvalue weighted by atomic mass is 9.73. The van der Waals surface area contributed by atoms with Crippen LogP contribution in [0, 0.1) is 5.41 Å². The minimum atomic E-state index is -0.277. The second-order valence-corrected chi connectivity index (χ2v) is 7.22. The van der Waals surface area contributed by atoms with Gasteiger partial charge in [0.2, 0.25) is 5.91 Å². The molecule has 2 atom stereocenters. The number of amides is 1. The summed E-state index contributed by atoms with van der Waals surface area (Å²) in [5, 5.41) is 0. The first-order valence-electron chi connectivity index (χ1n) is 8.59. The van der Waals surface area contributed by atoms with Crippen LogP contribution in [0.15, 0.2) is 42.7 Å². The minimum Gasteiger partial charge on any atom is -0.345 e. The second-order valence-electron chi connectivity index (χ2n) is 7.22. The lowest BCUT2D eigenvalue weighted by Crippen LogP contribution is -2.38. The van der Waals surface area contributed by atoms with Gasteiger partial charge in [0.05, 0.1) is 12.0 Å². The average Bonchev–Trinajstić information content (AvgIpc) is 3.25. The molecule has 3 heterocycles. The molecular formula is C19H24N4O. The Bertz CT molecular complexity index is 741. The Morgan fingerprint density at radius 1 is 1.25 bits per heavy atom. The summed E-state index contributed by atoms with van der Waals surface area (Å²) in [6, 6.07) is 10.5. The summed E-state index contributed by atoms with van der Waals surface area (Å²) in [5.41, 5.74) is 1.00. The van der Waals surface area contributed by atoms with Crippen molar-refractivity contribution in [3.8, 4) is 0 Å². The maximum Gasteiger partial charge on any atom is 0.230 e. The first-order chi connectivity index (χ1) is 11.6. The highest BCUT2D eigenvalue weighted by atomic mass is 16.2. The normalized spacial score (nSPS) is 27.5. The molecule has 2 aliphatic rings. The number of aryl methyl sites for hydroxylation is 1. The van der Waals surface area contributed by atoms with E-state index in [2.05, 4.69) is 38.7 Å². The van der Waals surface area contributed by atoms with Crippen LogP contribution in [-0.4, -0.2) is 51.9 Å². The molecule has 2 aromatic rings. The molecule has 1 spiro atoms. The van der Waals surface area contributed by atoms with Crippen LogP contribution in [0.25, 0.3) is 0 Å². The summed E-state index contributed by atoms with van der Waals surface area (Å²) in [4.78, 5) is 21.8. The Morgan fingerprint density at radius 3 is 2.67 bits per heavy atom. The van der Waals surface area contributed by atoms with Crippen molar-refractivity contribution < 1.29 is 4.79 Å². The molecule has 1 aromatic carbocycles. The molecule has 5 heteroatoms. The average molecular weight is 324 g/mol. The van der Waals surface area contributed by atoms with Crippen LogP contribution >= 0.6 is 0 Å². The van der Waals surface area contributed by atoms with Crippen molar-refractivity contribution in [1.82, 2.24) is 19.4 Å². The molecule has 1 amide bonds. The van der Waals surface area contributed by atoms with Crippen LogP contribution in [0.1, 0.15) is 23.7 Å². The number of hydrogen-bond donors (Lipinski definition) is 0. The van der Waals surface area contributed by atoms with Gasteiger partial charge in [-0.05, 0) is 12.0 Å². The lowest BCUT2D eigenvalue weighted by molar-refractivity contribution is -0.135. The second kappa shape index (κ2) is 5.74. The zero-order valence-corrected chi connectivity index (χ0v) is 14.4. The summed E-state index contributed by atoms with van der Waals surface area (Å²) in [6.45, 7) is 3.39. The quantitative estimate of drug-likeness (QED) is 0.865. The number of benzene rings is 1. The molecule has 4 rings (SSSR count). The van der Waals surface area contributed by atoms with Gasteiger partial charge in [0, 0.05) is 52.0 Å². The Balaban J connectivity index is 1.66. The van der Waals surface area contributed by atoms with E-state index in [1.54, 1.807) is 0 Å². The molecule has 0 bridgehead atoms. The van der Waals surface area contributed by atoms with Gasteiger partial charge < -0.3 is 9.47 Å². The van der Waals surface area contributed by atoms with E-state index in [9.17, 15) is 4.79 Å². The van der Waals surface area contributed by atoms with E-state index in [4.69, 9.17) is 0 Å². The molecular weight excluding hydrogens is 300 g/mol. The van der Waals surface area contributed by atoms with E-state index in [-0.39, 0.29) is 11.3 Å². The fourth-order valence-corrected chi connectivity index (χ4v) is 4.41. The fourth-order valence-electron chi connectivity index (χ4n) is 4.41. The number of rotatable bonds is 3. The third kappa shape index (κ3) is 2.35. The molecule has 2 aliphatic heterocycles. The summed E-state index contributed by atoms with van der Waals surface area (Å²) in [7, 11) is 3.96. The Hall–Kier alpha value is -2.14. The smallest absolute Gasteiger partial charge is 0.230 e. The number of carbonyl (C=O) groups is 1. The Morgan fingerprint density at radius 2 is 2.04 bits per heavy atom. The predicted octanol–water partition coefficient (Wildman–Crippen LogP) is 1.87. The predicted molar refractivity (Wildman–Crippen MR) is 92.4 cm³/mol. The van der Waals surface area contributed by atoms with Crippen molar-refractivity contribution in [3.63, 3.8) is 0 Å². The zero-order chi connectivity index (χ0) is 16.7. The molecule has 0 radical (unpaired) electrons. The van der Waals surface area contributed by atoms with Crippen molar-refractivity contribution in [3.05, 3.63) is 54.1 Å². The number of carbonyl (C=O) groups excluding carboxylic acids is 1. The van der Waals surface area contributed by atoms with Crippen LogP contribution in [0.4, 0.5) is 0 Å². The zero-order valence-electron chi connectivity index (χ0n) is 14.4. The van der Waals surface area contributed by atoms with E-state index in [0.29, 0.717) is 5.91 Å². The van der Waals surface area contributed by atoms with Crippen LogP contribution in [0.5, 0.6) is 0 Å². The van der Waals surface area contributed by atoms with Gasteiger partial charge in [0.15, 0.2) is 0 Å².